The smallest absolute Gasteiger partial charge is 0.248 e. The third-order valence-corrected chi connectivity index (χ3v) is 5.35. The highest BCUT2D eigenvalue weighted by molar-refractivity contribution is 6.31. The van der Waals surface area contributed by atoms with Gasteiger partial charge in [0.1, 0.15) is 5.82 Å². The lowest BCUT2D eigenvalue weighted by atomic mass is 10.0. The monoisotopic (exact) mass is 407 g/mol. The number of benzene rings is 1. The van der Waals surface area contributed by atoms with Gasteiger partial charge in [0.2, 0.25) is 5.91 Å². The maximum atomic E-state index is 11.9. The van der Waals surface area contributed by atoms with Gasteiger partial charge in [0, 0.05) is 60.6 Å². The molecular formula is C22H22ClN5O. The van der Waals surface area contributed by atoms with Crippen molar-refractivity contribution >= 4 is 23.3 Å². The van der Waals surface area contributed by atoms with Crippen LogP contribution in [-0.2, 0) is 6.42 Å². The molecule has 1 fully saturated rings. The Morgan fingerprint density at radius 1 is 1.14 bits per heavy atom. The third-order valence-electron chi connectivity index (χ3n) is 4.98. The average Bonchev–Trinajstić information content (AvgIpc) is 2.76. The van der Waals surface area contributed by atoms with Crippen molar-refractivity contribution in [3.63, 3.8) is 0 Å². The Balaban J connectivity index is 1.69. The molecule has 0 bridgehead atoms. The molecule has 0 radical (unpaired) electrons. The third kappa shape index (κ3) is 4.55. The summed E-state index contributed by atoms with van der Waals surface area (Å²) < 4.78 is 0. The number of hydrogen-bond acceptors (Lipinski definition) is 5. The number of nitrogens with zero attached hydrogens (tertiary/aromatic N) is 3. The SMILES string of the molecule is NC(=O)c1cc(-c2ccnc(Cc3ccccc3Cl)c2)nc(N2CCNCC2)c1. The predicted octanol–water partition coefficient (Wildman–Crippen LogP) is 2.90. The Hall–Kier alpha value is -2.96. The van der Waals surface area contributed by atoms with E-state index in [1.807, 2.05) is 36.4 Å². The molecule has 0 saturated carbocycles. The van der Waals surface area contributed by atoms with Crippen molar-refractivity contribution < 1.29 is 4.79 Å². The van der Waals surface area contributed by atoms with E-state index in [0.717, 1.165) is 53.8 Å². The van der Waals surface area contributed by atoms with Crippen molar-refractivity contribution in [3.05, 3.63) is 76.6 Å². The molecule has 3 N–H and O–H groups in total. The number of nitrogens with two attached hydrogens (primary N) is 1. The molecule has 6 nitrogen and oxygen atoms in total. The zero-order chi connectivity index (χ0) is 20.2. The summed E-state index contributed by atoms with van der Waals surface area (Å²) in [4.78, 5) is 23.4. The van der Waals surface area contributed by atoms with Gasteiger partial charge < -0.3 is 16.0 Å². The lowest BCUT2D eigenvalue weighted by molar-refractivity contribution is 0.1000. The number of primary amides is 1. The summed E-state index contributed by atoms with van der Waals surface area (Å²) in [5, 5.41) is 4.04. The number of piperazine rings is 1. The van der Waals surface area contributed by atoms with Crippen molar-refractivity contribution in [1.82, 2.24) is 15.3 Å². The molecule has 29 heavy (non-hydrogen) atoms. The number of anilines is 1. The Labute approximate surface area is 174 Å². The fourth-order valence-corrected chi connectivity index (χ4v) is 3.64. The molecule has 0 aliphatic carbocycles. The number of pyridine rings is 2. The largest absolute Gasteiger partial charge is 0.366 e. The van der Waals surface area contributed by atoms with Crippen LogP contribution in [0.25, 0.3) is 11.3 Å². The maximum Gasteiger partial charge on any atom is 0.248 e. The van der Waals surface area contributed by atoms with Gasteiger partial charge in [-0.2, -0.15) is 0 Å². The first-order valence-corrected chi connectivity index (χ1v) is 9.94. The van der Waals surface area contributed by atoms with Crippen LogP contribution < -0.4 is 16.0 Å². The first-order valence-electron chi connectivity index (χ1n) is 9.56. The summed E-state index contributed by atoms with van der Waals surface area (Å²) in [6, 6.07) is 15.1. The molecule has 3 heterocycles. The van der Waals surface area contributed by atoms with E-state index in [1.165, 1.54) is 0 Å². The van der Waals surface area contributed by atoms with Crippen LogP contribution in [0.3, 0.4) is 0 Å². The minimum atomic E-state index is -0.463. The second kappa shape index (κ2) is 8.59. The molecule has 1 aliphatic heterocycles. The van der Waals surface area contributed by atoms with Crippen LogP contribution in [-0.4, -0.2) is 42.1 Å². The quantitative estimate of drug-likeness (QED) is 0.679. The highest BCUT2D eigenvalue weighted by Crippen LogP contribution is 2.25. The Bertz CT molecular complexity index is 1030. The van der Waals surface area contributed by atoms with Gasteiger partial charge in [0.05, 0.1) is 5.69 Å². The number of amides is 1. The summed E-state index contributed by atoms with van der Waals surface area (Å²) in [5.41, 5.74) is 9.52. The normalized spacial score (nSPS) is 14.0. The highest BCUT2D eigenvalue weighted by Gasteiger charge is 2.16. The minimum absolute atomic E-state index is 0.452. The van der Waals surface area contributed by atoms with Gasteiger partial charge in [-0.15, -0.1) is 0 Å². The molecule has 4 rings (SSSR count). The van der Waals surface area contributed by atoms with E-state index < -0.39 is 5.91 Å². The van der Waals surface area contributed by atoms with E-state index >= 15 is 0 Å². The van der Waals surface area contributed by atoms with Crippen molar-refractivity contribution in [3.8, 4) is 11.3 Å². The molecule has 0 unspecified atom stereocenters. The van der Waals surface area contributed by atoms with Gasteiger partial charge in [-0.1, -0.05) is 29.8 Å². The summed E-state index contributed by atoms with van der Waals surface area (Å²) in [6.45, 7) is 3.44. The van der Waals surface area contributed by atoms with E-state index in [9.17, 15) is 4.79 Å². The van der Waals surface area contributed by atoms with Crippen molar-refractivity contribution in [1.29, 1.82) is 0 Å². The molecule has 7 heteroatoms. The maximum absolute atomic E-state index is 11.9. The van der Waals surface area contributed by atoms with E-state index in [0.29, 0.717) is 17.7 Å². The van der Waals surface area contributed by atoms with Crippen LogP contribution >= 0.6 is 11.6 Å². The molecule has 148 valence electrons. The second-order valence-electron chi connectivity index (χ2n) is 7.00. The lowest BCUT2D eigenvalue weighted by Crippen LogP contribution is -2.44. The molecule has 3 aromatic rings. The van der Waals surface area contributed by atoms with Crippen LogP contribution in [0.5, 0.6) is 0 Å². The Morgan fingerprint density at radius 2 is 1.93 bits per heavy atom. The second-order valence-corrected chi connectivity index (χ2v) is 7.41. The van der Waals surface area contributed by atoms with Crippen molar-refractivity contribution in [2.75, 3.05) is 31.1 Å². The number of carbonyl (C=O) groups excluding carboxylic acids is 1. The molecular weight excluding hydrogens is 386 g/mol. The number of aromatic nitrogens is 2. The summed E-state index contributed by atoms with van der Waals surface area (Å²) in [5.74, 6) is 0.303. The van der Waals surface area contributed by atoms with Gasteiger partial charge >= 0.3 is 0 Å². The first kappa shape index (κ1) is 19.4. The highest BCUT2D eigenvalue weighted by atomic mass is 35.5. The molecule has 1 aromatic carbocycles. The van der Waals surface area contributed by atoms with Gasteiger partial charge in [0.25, 0.3) is 0 Å². The molecule has 1 amide bonds. The average molecular weight is 408 g/mol. The standard InChI is InChI=1S/C22H22ClN5O/c23-19-4-2-1-3-15(19)11-18-12-16(5-6-26-18)20-13-17(22(24)29)14-21(27-20)28-9-7-25-8-10-28/h1-6,12-14,25H,7-11H2,(H2,24,29). The number of carbonyl (C=O) groups is 1. The summed E-state index contributed by atoms with van der Waals surface area (Å²) in [6.07, 6.45) is 2.37. The topological polar surface area (TPSA) is 84.1 Å². The zero-order valence-electron chi connectivity index (χ0n) is 15.9. The number of nitrogens with one attached hydrogen (secondary N) is 1. The zero-order valence-corrected chi connectivity index (χ0v) is 16.7. The van der Waals surface area contributed by atoms with Gasteiger partial charge in [-0.05, 0) is 35.9 Å². The molecule has 0 atom stereocenters. The van der Waals surface area contributed by atoms with E-state index in [2.05, 4.69) is 15.2 Å². The van der Waals surface area contributed by atoms with Crippen molar-refractivity contribution in [2.45, 2.75) is 6.42 Å². The molecule has 2 aromatic heterocycles. The lowest BCUT2D eigenvalue weighted by Gasteiger charge is -2.29. The molecule has 1 aliphatic rings. The van der Waals surface area contributed by atoms with Crippen molar-refractivity contribution in [2.24, 2.45) is 5.73 Å². The Morgan fingerprint density at radius 3 is 2.69 bits per heavy atom. The van der Waals surface area contributed by atoms with Crippen LogP contribution in [0.15, 0.2) is 54.7 Å². The van der Waals surface area contributed by atoms with Crippen LogP contribution in [0.4, 0.5) is 5.82 Å². The van der Waals surface area contributed by atoms with Gasteiger partial charge in [0.15, 0.2) is 0 Å². The number of hydrogen-bond donors (Lipinski definition) is 2. The minimum Gasteiger partial charge on any atom is -0.366 e. The van der Waals surface area contributed by atoms with E-state index in [1.54, 1.807) is 18.3 Å². The molecule has 0 spiro atoms. The Kier molecular flexibility index (Phi) is 5.74. The van der Waals surface area contributed by atoms with E-state index in [-0.39, 0.29) is 0 Å². The first-order chi connectivity index (χ1) is 14.1. The van der Waals surface area contributed by atoms with Gasteiger partial charge in [-0.25, -0.2) is 4.98 Å². The summed E-state index contributed by atoms with van der Waals surface area (Å²) in [7, 11) is 0. The van der Waals surface area contributed by atoms with Crippen LogP contribution in [0.1, 0.15) is 21.6 Å². The van der Waals surface area contributed by atoms with E-state index in [4.69, 9.17) is 22.3 Å². The molecule has 1 saturated heterocycles. The number of rotatable bonds is 5. The van der Waals surface area contributed by atoms with Gasteiger partial charge in [-0.3, -0.25) is 9.78 Å². The van der Waals surface area contributed by atoms with Crippen LogP contribution in [0, 0.1) is 0 Å². The predicted molar refractivity (Wildman–Crippen MR) is 115 cm³/mol. The fourth-order valence-electron chi connectivity index (χ4n) is 3.43. The van der Waals surface area contributed by atoms with Crippen LogP contribution in [0.2, 0.25) is 5.02 Å². The fraction of sp³-hybridized carbons (Fsp3) is 0.227. The number of halogens is 1. The summed E-state index contributed by atoms with van der Waals surface area (Å²) >= 11 is 6.29.